The lowest BCUT2D eigenvalue weighted by atomic mass is 9.85. The van der Waals surface area contributed by atoms with Gasteiger partial charge in [0.05, 0.1) is 10.4 Å². The van der Waals surface area contributed by atoms with Crippen LogP contribution in [0.4, 0.5) is 0 Å². The normalized spacial score (nSPS) is 19.4. The second kappa shape index (κ2) is 6.74. The van der Waals surface area contributed by atoms with Crippen molar-refractivity contribution in [1.29, 1.82) is 0 Å². The van der Waals surface area contributed by atoms with Gasteiger partial charge in [-0.3, -0.25) is 11.3 Å². The molecule has 1 saturated carbocycles. The molecular weight excluding hydrogens is 252 g/mol. The molecule has 17 heavy (non-hydrogen) atoms. The van der Waals surface area contributed by atoms with Crippen molar-refractivity contribution < 1.29 is 0 Å². The van der Waals surface area contributed by atoms with Crippen molar-refractivity contribution in [2.24, 2.45) is 11.8 Å². The Hall–Kier alpha value is -0.0900. The summed E-state index contributed by atoms with van der Waals surface area (Å²) in [6.07, 6.45) is 9.47. The lowest BCUT2D eigenvalue weighted by molar-refractivity contribution is 0.316. The van der Waals surface area contributed by atoms with Crippen LogP contribution in [0.5, 0.6) is 0 Å². The van der Waals surface area contributed by atoms with Crippen molar-refractivity contribution >= 4 is 22.9 Å². The molecule has 0 spiro atoms. The first-order chi connectivity index (χ1) is 8.29. The summed E-state index contributed by atoms with van der Waals surface area (Å²) in [5.74, 6) is 6.56. The fourth-order valence-corrected chi connectivity index (χ4v) is 3.86. The number of hydrogen-bond donors (Lipinski definition) is 2. The maximum atomic E-state index is 5.96. The summed E-state index contributed by atoms with van der Waals surface area (Å²) in [7, 11) is 0. The van der Waals surface area contributed by atoms with Gasteiger partial charge in [0.25, 0.3) is 0 Å². The van der Waals surface area contributed by atoms with Crippen LogP contribution in [0.25, 0.3) is 0 Å². The van der Waals surface area contributed by atoms with E-state index in [-0.39, 0.29) is 6.04 Å². The fraction of sp³-hybridized carbons (Fsp3) is 0.692. The number of thiophene rings is 1. The van der Waals surface area contributed by atoms with E-state index in [0.29, 0.717) is 0 Å². The third kappa shape index (κ3) is 3.95. The summed E-state index contributed by atoms with van der Waals surface area (Å²) < 4.78 is 0.845. The van der Waals surface area contributed by atoms with Crippen molar-refractivity contribution in [2.75, 3.05) is 0 Å². The molecule has 0 amide bonds. The number of hydrogen-bond acceptors (Lipinski definition) is 3. The maximum Gasteiger partial charge on any atom is 0.0931 e. The fourth-order valence-electron chi connectivity index (χ4n) is 2.70. The SMILES string of the molecule is NNC(CCC1CCCCC1)c1ccc(Cl)s1. The molecule has 1 aliphatic rings. The Morgan fingerprint density at radius 2 is 2.12 bits per heavy atom. The molecule has 3 N–H and O–H groups in total. The predicted octanol–water partition coefficient (Wildman–Crippen LogP) is 4.27. The Morgan fingerprint density at radius 3 is 2.71 bits per heavy atom. The van der Waals surface area contributed by atoms with Crippen LogP contribution in [0, 0.1) is 5.92 Å². The van der Waals surface area contributed by atoms with Crippen LogP contribution < -0.4 is 11.3 Å². The van der Waals surface area contributed by atoms with Gasteiger partial charge >= 0.3 is 0 Å². The van der Waals surface area contributed by atoms with Gasteiger partial charge in [-0.25, -0.2) is 0 Å². The molecule has 0 aromatic carbocycles. The molecule has 1 aromatic rings. The van der Waals surface area contributed by atoms with Crippen LogP contribution in [0.1, 0.15) is 55.9 Å². The van der Waals surface area contributed by atoms with Crippen molar-refractivity contribution in [3.8, 4) is 0 Å². The van der Waals surface area contributed by atoms with Gasteiger partial charge in [-0.15, -0.1) is 11.3 Å². The van der Waals surface area contributed by atoms with Crippen LogP contribution in [-0.4, -0.2) is 0 Å². The molecule has 1 aliphatic carbocycles. The number of halogens is 1. The van der Waals surface area contributed by atoms with E-state index in [1.807, 2.05) is 6.07 Å². The first kappa shape index (κ1) is 13.3. The van der Waals surface area contributed by atoms with E-state index in [0.717, 1.165) is 16.7 Å². The highest BCUT2D eigenvalue weighted by molar-refractivity contribution is 7.16. The lowest BCUT2D eigenvalue weighted by Gasteiger charge is -2.23. The second-order valence-corrected chi connectivity index (χ2v) is 6.69. The number of hydrazine groups is 1. The molecule has 1 aromatic heterocycles. The van der Waals surface area contributed by atoms with Gasteiger partial charge < -0.3 is 0 Å². The van der Waals surface area contributed by atoms with Gasteiger partial charge in [0, 0.05) is 4.88 Å². The van der Waals surface area contributed by atoms with E-state index in [4.69, 9.17) is 17.4 Å². The van der Waals surface area contributed by atoms with E-state index in [9.17, 15) is 0 Å². The van der Waals surface area contributed by atoms with Crippen LogP contribution in [0.3, 0.4) is 0 Å². The summed E-state index contributed by atoms with van der Waals surface area (Å²) in [6.45, 7) is 0. The standard InChI is InChI=1S/C13H21ClN2S/c14-13-9-8-12(17-13)11(16-15)7-6-10-4-2-1-3-5-10/h8-11,16H,1-7,15H2. The van der Waals surface area contributed by atoms with Crippen LogP contribution in [-0.2, 0) is 0 Å². The van der Waals surface area contributed by atoms with E-state index < -0.39 is 0 Å². The number of nitrogens with one attached hydrogen (secondary N) is 1. The van der Waals surface area contributed by atoms with Crippen molar-refractivity contribution in [3.05, 3.63) is 21.3 Å². The number of nitrogens with two attached hydrogens (primary N) is 1. The molecule has 0 aliphatic heterocycles. The minimum absolute atomic E-state index is 0.273. The zero-order valence-corrected chi connectivity index (χ0v) is 11.7. The third-order valence-corrected chi connectivity index (χ3v) is 5.07. The highest BCUT2D eigenvalue weighted by Gasteiger charge is 2.17. The summed E-state index contributed by atoms with van der Waals surface area (Å²) in [5, 5.41) is 0. The largest absolute Gasteiger partial charge is 0.271 e. The average molecular weight is 273 g/mol. The van der Waals surface area contributed by atoms with Crippen LogP contribution in [0.15, 0.2) is 12.1 Å². The van der Waals surface area contributed by atoms with Crippen LogP contribution >= 0.6 is 22.9 Å². The first-order valence-electron chi connectivity index (χ1n) is 6.51. The lowest BCUT2D eigenvalue weighted by Crippen LogP contribution is -2.28. The molecule has 2 rings (SSSR count). The van der Waals surface area contributed by atoms with Gasteiger partial charge in [-0.1, -0.05) is 43.7 Å². The second-order valence-electron chi connectivity index (χ2n) is 4.94. The summed E-state index contributed by atoms with van der Waals surface area (Å²) in [4.78, 5) is 1.26. The predicted molar refractivity (Wildman–Crippen MR) is 75.2 cm³/mol. The monoisotopic (exact) mass is 272 g/mol. The average Bonchev–Trinajstić information content (AvgIpc) is 2.78. The number of rotatable bonds is 5. The minimum atomic E-state index is 0.273. The summed E-state index contributed by atoms with van der Waals surface area (Å²) >= 11 is 7.59. The highest BCUT2D eigenvalue weighted by atomic mass is 35.5. The Bertz CT molecular complexity index is 334. The highest BCUT2D eigenvalue weighted by Crippen LogP contribution is 2.33. The molecule has 1 fully saturated rings. The molecule has 1 heterocycles. The molecule has 0 saturated heterocycles. The molecular formula is C13H21ClN2S. The Labute approximate surface area is 113 Å². The van der Waals surface area contributed by atoms with Gasteiger partial charge in [0.1, 0.15) is 0 Å². The van der Waals surface area contributed by atoms with E-state index in [1.165, 1.54) is 43.4 Å². The van der Waals surface area contributed by atoms with E-state index in [2.05, 4.69) is 11.5 Å². The molecule has 96 valence electrons. The zero-order valence-electron chi connectivity index (χ0n) is 10.1. The third-order valence-electron chi connectivity index (χ3n) is 3.73. The molecule has 1 atom stereocenters. The van der Waals surface area contributed by atoms with Gasteiger partial charge in [0.15, 0.2) is 0 Å². The Morgan fingerprint density at radius 1 is 1.35 bits per heavy atom. The van der Waals surface area contributed by atoms with Gasteiger partial charge in [0.2, 0.25) is 0 Å². The van der Waals surface area contributed by atoms with Gasteiger partial charge in [-0.2, -0.15) is 0 Å². The van der Waals surface area contributed by atoms with E-state index >= 15 is 0 Å². The molecule has 1 unspecified atom stereocenters. The maximum absolute atomic E-state index is 5.96. The smallest absolute Gasteiger partial charge is 0.0931 e. The van der Waals surface area contributed by atoms with E-state index in [1.54, 1.807) is 11.3 Å². The minimum Gasteiger partial charge on any atom is -0.271 e. The topological polar surface area (TPSA) is 38.0 Å². The molecule has 4 heteroatoms. The first-order valence-corrected chi connectivity index (χ1v) is 7.70. The Balaban J connectivity index is 1.82. The van der Waals surface area contributed by atoms with Crippen molar-refractivity contribution in [3.63, 3.8) is 0 Å². The van der Waals surface area contributed by atoms with Crippen LogP contribution in [0.2, 0.25) is 4.34 Å². The molecule has 0 bridgehead atoms. The zero-order chi connectivity index (χ0) is 12.1. The van der Waals surface area contributed by atoms with Crippen molar-refractivity contribution in [2.45, 2.75) is 51.0 Å². The summed E-state index contributed by atoms with van der Waals surface area (Å²) in [6, 6.07) is 4.31. The van der Waals surface area contributed by atoms with Gasteiger partial charge in [-0.05, 0) is 30.9 Å². The van der Waals surface area contributed by atoms with Crippen molar-refractivity contribution in [1.82, 2.24) is 5.43 Å². The quantitative estimate of drug-likeness (QED) is 0.621. The Kier molecular flexibility index (Phi) is 5.29. The molecule has 2 nitrogen and oxygen atoms in total. The molecule has 0 radical (unpaired) electrons. The summed E-state index contributed by atoms with van der Waals surface area (Å²) in [5.41, 5.74) is 2.92.